The average Bonchev–Trinajstić information content (AvgIpc) is 1.45. The Morgan fingerprint density at radius 1 is 0.398 bits per heavy atom. The van der Waals surface area contributed by atoms with Crippen LogP contribution < -0.4 is 37.3 Å². The minimum absolute atomic E-state index is 0.0798. The van der Waals surface area contributed by atoms with E-state index in [1.54, 1.807) is 25.9 Å². The first-order valence-electron chi connectivity index (χ1n) is 47.9. The molecule has 3 heterocycles. The number of allylic oxidation sites excluding steroid dienone is 9. The van der Waals surface area contributed by atoms with Gasteiger partial charge in [-0.25, -0.2) is 0 Å². The second-order valence-corrected chi connectivity index (χ2v) is 47.9. The van der Waals surface area contributed by atoms with Gasteiger partial charge in [-0.15, -0.1) is 0 Å². The third-order valence-electron chi connectivity index (χ3n) is 33.4. The molecule has 0 saturated heterocycles. The molecular formula is C114H135BCl2IN3O4P2Pd. The van der Waals surface area contributed by atoms with Crippen LogP contribution >= 0.6 is 57.5 Å². The van der Waals surface area contributed by atoms with Crippen molar-refractivity contribution in [3.8, 4) is 0 Å². The van der Waals surface area contributed by atoms with Crippen molar-refractivity contribution in [1.29, 1.82) is 0 Å². The Labute approximate surface area is 799 Å². The first-order valence-corrected chi connectivity index (χ1v) is 55.7. The third kappa shape index (κ3) is 20.9. The molecule has 9 unspecified atom stereocenters. The molecule has 7 nitrogen and oxygen atoms in total. The van der Waals surface area contributed by atoms with Crippen molar-refractivity contribution >= 4 is 119 Å². The third-order valence-corrected chi connectivity index (χ3v) is 39.9. The molecule has 2 N–H and O–H groups in total. The Morgan fingerprint density at radius 2 is 0.711 bits per heavy atom. The van der Waals surface area contributed by atoms with E-state index in [4.69, 9.17) is 23.8 Å². The Morgan fingerprint density at radius 3 is 1.04 bits per heavy atom. The minimum atomic E-state index is -0.446. The molecule has 6 saturated carbocycles. The first-order chi connectivity index (χ1) is 62.1. The van der Waals surface area contributed by atoms with Gasteiger partial charge in [0.1, 0.15) is 6.10 Å². The number of hydrogen-bond donors (Lipinski definition) is 2. The van der Waals surface area contributed by atoms with E-state index < -0.39 is 15.8 Å². The average molecular weight is 1990 g/mol. The number of pyridine rings is 3. The number of hydrogen-bond acceptors (Lipinski definition) is 7. The molecule has 6 aromatic carbocycles. The first kappa shape index (κ1) is 96.1. The number of fused-ring (bicyclic) bond motifs is 15. The summed E-state index contributed by atoms with van der Waals surface area (Å²) in [5.41, 5.74) is 13.9. The second kappa shape index (κ2) is 43.7. The summed E-state index contributed by atoms with van der Waals surface area (Å²) in [6.07, 6.45) is 53.8. The number of esters is 1. The summed E-state index contributed by atoms with van der Waals surface area (Å²) in [5.74, 6) is 7.08. The number of carbonyl (C=O) groups is 1. The molecule has 14 heteroatoms. The number of rotatable bonds is 12. The van der Waals surface area contributed by atoms with Crippen LogP contribution in [0.4, 0.5) is 0 Å². The number of aromatic nitrogens is 3. The largest absolute Gasteiger partial charge is 0.0622 e. The fourth-order valence-electron chi connectivity index (χ4n) is 26.6. The number of nitrogens with zero attached hydrogens (tertiary/aromatic N) is 3. The Balaban J connectivity index is 0.000000120. The summed E-state index contributed by atoms with van der Waals surface area (Å²) in [4.78, 5) is 24.3. The summed E-state index contributed by atoms with van der Waals surface area (Å²) in [5, 5.41) is 28.6. The summed E-state index contributed by atoms with van der Waals surface area (Å²) in [7, 11) is 8.74. The number of benzene rings is 6. The predicted molar refractivity (Wildman–Crippen MR) is 548 cm³/mol. The van der Waals surface area contributed by atoms with Gasteiger partial charge < -0.3 is 14.9 Å². The maximum Gasteiger partial charge on any atom is -0.0134 e. The van der Waals surface area contributed by atoms with E-state index in [1.807, 2.05) is 43.2 Å². The molecule has 128 heavy (non-hydrogen) atoms. The molecule has 12 aliphatic rings. The van der Waals surface area contributed by atoms with Crippen molar-refractivity contribution in [2.24, 2.45) is 85.8 Å². The summed E-state index contributed by atoms with van der Waals surface area (Å²) >= 11 is 2.50. The molecule has 3 aromatic heterocycles. The van der Waals surface area contributed by atoms with Gasteiger partial charge in [-0.05, 0) is 323 Å². The van der Waals surface area contributed by atoms with Crippen molar-refractivity contribution in [2.45, 2.75) is 228 Å². The molecule has 674 valence electrons. The number of carbonyl (C=O) groups excluding carboxylic acids is 1. The van der Waals surface area contributed by atoms with Gasteiger partial charge in [-0.1, -0.05) is 327 Å². The van der Waals surface area contributed by atoms with Crippen molar-refractivity contribution in [2.75, 3.05) is 0 Å². The molecule has 0 amide bonds. The van der Waals surface area contributed by atoms with E-state index in [9.17, 15) is 15.0 Å². The monoisotopic (exact) mass is 1990 g/mol. The van der Waals surface area contributed by atoms with Crippen molar-refractivity contribution < 1.29 is 35.7 Å². The quantitative estimate of drug-likeness (QED) is 0.0413. The van der Waals surface area contributed by atoms with Gasteiger partial charge in [-0.2, -0.15) is 0 Å². The van der Waals surface area contributed by atoms with E-state index in [1.165, 1.54) is 163 Å². The zero-order valence-electron chi connectivity index (χ0n) is 76.9. The van der Waals surface area contributed by atoms with Gasteiger partial charge in [0.05, 0.1) is 12.2 Å². The van der Waals surface area contributed by atoms with Crippen LogP contribution in [-0.4, -0.2) is 56.2 Å². The van der Waals surface area contributed by atoms with E-state index in [2.05, 4.69) is 342 Å². The standard InChI is InChI=1S/C26H33NO2.C24H31NO.C19H27IO.2C18H15P.C9H14BN.2ClH.Pd/c1-17(28)29-20-10-12-25(2)19(15-20)6-7-21-23-9-8-22(18-5-4-14-27-16-18)26(23,3)13-11-24(21)25;1-23-11-9-18(26)14-17(23)5-6-19-21-8-7-20(16-4-3-13-25-15-16)24(21,2)12-10-22(19)23;1-18-9-7-13(21)11-12(18)3-4-14-15-5-6-17(20)19(15,2)10-8-16(14)18;2*1-4-10-16(11-5-1)19(17-12-6-2-7-13-17)18-14-8-3-9-15-18;1-3-10(4-2)9-6-5-7-11-8-9;;;/h4-6,8,14,16,20-21,23-24H,7,9-13,15H2,1-3H3;3-5,7,13,15,18-19,21-22,26H,6,8-12,14H2,1-2H3;3,6,13-16,21H,4-5,7-11H2,1-2H3;2*1-15H;5-8H,3-4H2,1-2H3;2*1H;/q;;;;;;;;+2/p-2/t20-,21?,23?,24?,25-,26+;18-,19?,21?,22?,23-,24+;13-,14?,15?,16?,18-,19-;;;;;;/m000....../s1. The number of aliphatic hydroxyl groups excluding tert-OH is 2. The molecule has 0 bridgehead atoms. The van der Waals surface area contributed by atoms with Crippen LogP contribution in [0.25, 0.3) is 11.1 Å². The maximum absolute atomic E-state index is 11.4. The van der Waals surface area contributed by atoms with Crippen molar-refractivity contribution in [3.63, 3.8) is 0 Å². The molecule has 0 spiro atoms. The van der Waals surface area contributed by atoms with Crippen LogP contribution in [0.2, 0.25) is 12.6 Å². The van der Waals surface area contributed by atoms with E-state index in [0.29, 0.717) is 28.4 Å². The normalized spacial score (nSPS) is 31.0. The van der Waals surface area contributed by atoms with Crippen LogP contribution in [0.3, 0.4) is 0 Å². The topological polar surface area (TPSA) is 105 Å². The van der Waals surface area contributed by atoms with Crippen LogP contribution in [0.15, 0.2) is 312 Å². The van der Waals surface area contributed by atoms with Crippen molar-refractivity contribution in [1.82, 2.24) is 15.0 Å². The van der Waals surface area contributed by atoms with E-state index in [0.717, 1.165) is 98.2 Å². The molecular weight excluding hydrogens is 1850 g/mol. The molecule has 0 radical (unpaired) electrons. The van der Waals surface area contributed by atoms with Crippen LogP contribution in [0.1, 0.15) is 208 Å². The predicted octanol–water partition coefficient (Wildman–Crippen LogP) is 26.7. The van der Waals surface area contributed by atoms with Gasteiger partial charge in [0, 0.05) is 55.9 Å². The zero-order chi connectivity index (χ0) is 89.6. The summed E-state index contributed by atoms with van der Waals surface area (Å²) < 4.78 is 7.20. The van der Waals surface area contributed by atoms with E-state index in [-0.39, 0.29) is 51.1 Å². The molecule has 18 atom stereocenters. The fourth-order valence-corrected chi connectivity index (χ4v) is 32.1. The molecule has 12 aliphatic carbocycles. The number of ether oxygens (including phenoxy) is 1. The van der Waals surface area contributed by atoms with E-state index >= 15 is 0 Å². The van der Waals surface area contributed by atoms with Crippen LogP contribution in [0, 0.1) is 85.8 Å². The fraction of sp³-hybridized carbons (Fsp3) is 0.439. The zero-order valence-corrected chi connectivity index (χ0v) is 83.9. The molecule has 9 aromatic rings. The maximum atomic E-state index is 11.4. The Bertz CT molecular complexity index is 4990. The molecule has 21 rings (SSSR count). The van der Waals surface area contributed by atoms with Gasteiger partial charge in [0.25, 0.3) is 0 Å². The minimum Gasteiger partial charge on any atom is -0.0622 e. The SMILES string of the molecule is CC(=O)O[C@H]1CC[C@@]2(C)C(=CCC3C2CC[C@]2(C)C(c4cccnc4)=CCC32)C1.CCB(CC)c1cccnc1.C[C@]12CC[C@H](O)CC1=CCC1C2CC[C@]2(C)C(I)=CCC12.C[C@]12CC[C@H](O)CC1=CCC1C2CC[C@]2(C)C(c3cccnc3)=CCC12.[Cl][Pd][Cl].c1ccc(P(c2ccccc2)c2ccccc2)cc1.c1ccc(P(c2ccccc2)c2ccccc2)cc1. The second-order valence-electron chi connectivity index (χ2n) is 39.9. The summed E-state index contributed by atoms with van der Waals surface area (Å²) in [6.45, 7) is 21.8. The van der Waals surface area contributed by atoms with Crippen molar-refractivity contribution in [3.05, 3.63) is 323 Å². The smallest absolute Gasteiger partial charge is 0.0134 e. The Hall–Kier alpha value is -6.50. The summed E-state index contributed by atoms with van der Waals surface area (Å²) in [6, 6.07) is 77.4. The number of aliphatic hydroxyl groups is 2. The molecule has 6 fully saturated rings. The van der Waals surface area contributed by atoms with Gasteiger partial charge in [-0.3, -0.25) is 19.7 Å². The van der Waals surface area contributed by atoms with Crippen LogP contribution in [-0.2, 0) is 25.5 Å². The van der Waals surface area contributed by atoms with Crippen LogP contribution in [0.5, 0.6) is 0 Å². The van der Waals surface area contributed by atoms with Gasteiger partial charge in [0.15, 0.2) is 6.71 Å². The Kier molecular flexibility index (Phi) is 32.8. The van der Waals surface area contributed by atoms with Gasteiger partial charge in [0.2, 0.25) is 0 Å². The van der Waals surface area contributed by atoms with Gasteiger partial charge >= 0.3 is 41.0 Å². The number of halogens is 3. The molecule has 0 aliphatic heterocycles.